The van der Waals surface area contributed by atoms with Gasteiger partial charge in [-0.1, -0.05) is 18.9 Å². The number of methoxy groups -OCH3 is 1. The van der Waals surface area contributed by atoms with E-state index in [-0.39, 0.29) is 25.0 Å². The summed E-state index contributed by atoms with van der Waals surface area (Å²) in [7, 11) is 1.42. The molecule has 2 atom stereocenters. The second-order valence-corrected chi connectivity index (χ2v) is 7.49. The summed E-state index contributed by atoms with van der Waals surface area (Å²) in [5.74, 6) is 1.80. The number of hydrogen-bond donors (Lipinski definition) is 1. The quantitative estimate of drug-likeness (QED) is 0.799. The molecular weight excluding hydrogens is 346 g/mol. The second kappa shape index (κ2) is 7.80. The molecule has 1 aromatic rings. The number of fused-ring (bicyclic) bond motifs is 1. The number of rotatable bonds is 5. The highest BCUT2D eigenvalue weighted by Gasteiger charge is 2.36. The summed E-state index contributed by atoms with van der Waals surface area (Å²) in [6.45, 7) is 2.81. The maximum Gasteiger partial charge on any atom is 0.338 e. The summed E-state index contributed by atoms with van der Waals surface area (Å²) in [5.41, 5.74) is 2.62. The van der Waals surface area contributed by atoms with Gasteiger partial charge >= 0.3 is 5.97 Å². The molecule has 4 rings (SSSR count). The van der Waals surface area contributed by atoms with Crippen molar-refractivity contribution in [3.05, 3.63) is 35.0 Å². The highest BCUT2D eigenvalue weighted by molar-refractivity contribution is 5.90. The normalized spacial score (nSPS) is 25.0. The SMILES string of the molecule is COC(=O)C1=C(NCc2ccc3c(c2)OCO3)C[C@@H](C2CCCC2)O[C@H]1C. The van der Waals surface area contributed by atoms with Crippen LogP contribution in [0.25, 0.3) is 0 Å². The third-order valence-electron chi connectivity index (χ3n) is 5.79. The summed E-state index contributed by atoms with van der Waals surface area (Å²) in [5, 5.41) is 3.48. The van der Waals surface area contributed by atoms with Crippen LogP contribution in [0.1, 0.15) is 44.6 Å². The minimum atomic E-state index is -0.319. The van der Waals surface area contributed by atoms with E-state index in [2.05, 4.69) is 5.32 Å². The number of hydrogen-bond acceptors (Lipinski definition) is 6. The fraction of sp³-hybridized carbons (Fsp3) is 0.571. The van der Waals surface area contributed by atoms with Crippen molar-refractivity contribution in [2.24, 2.45) is 5.92 Å². The van der Waals surface area contributed by atoms with Gasteiger partial charge in [0.25, 0.3) is 0 Å². The second-order valence-electron chi connectivity index (χ2n) is 7.49. The molecule has 6 heteroatoms. The average molecular weight is 373 g/mol. The van der Waals surface area contributed by atoms with E-state index in [4.69, 9.17) is 18.9 Å². The molecule has 3 aliphatic rings. The minimum Gasteiger partial charge on any atom is -0.466 e. The molecule has 2 heterocycles. The molecule has 0 saturated heterocycles. The Morgan fingerprint density at radius 3 is 2.78 bits per heavy atom. The molecule has 0 spiro atoms. The Morgan fingerprint density at radius 2 is 2.00 bits per heavy atom. The molecule has 1 fully saturated rings. The first-order chi connectivity index (χ1) is 13.2. The van der Waals surface area contributed by atoms with E-state index in [1.165, 1.54) is 32.8 Å². The van der Waals surface area contributed by atoms with E-state index in [0.29, 0.717) is 18.0 Å². The average Bonchev–Trinajstić information content (AvgIpc) is 3.36. The Balaban J connectivity index is 1.52. The van der Waals surface area contributed by atoms with Gasteiger partial charge in [-0.05, 0) is 43.4 Å². The lowest BCUT2D eigenvalue weighted by Gasteiger charge is -2.35. The lowest BCUT2D eigenvalue weighted by atomic mass is 9.91. The first kappa shape index (κ1) is 18.2. The molecule has 0 amide bonds. The molecule has 6 nitrogen and oxygen atoms in total. The smallest absolute Gasteiger partial charge is 0.338 e. The van der Waals surface area contributed by atoms with Crippen LogP contribution in [0.15, 0.2) is 29.5 Å². The van der Waals surface area contributed by atoms with Crippen LogP contribution in [-0.2, 0) is 20.8 Å². The summed E-state index contributed by atoms with van der Waals surface area (Å²) in [6.07, 6.45) is 5.58. The van der Waals surface area contributed by atoms with Crippen LogP contribution in [0.2, 0.25) is 0 Å². The van der Waals surface area contributed by atoms with E-state index in [0.717, 1.165) is 29.2 Å². The zero-order chi connectivity index (χ0) is 18.8. The van der Waals surface area contributed by atoms with Crippen LogP contribution in [0.4, 0.5) is 0 Å². The van der Waals surface area contributed by atoms with Gasteiger partial charge in [0.15, 0.2) is 11.5 Å². The largest absolute Gasteiger partial charge is 0.466 e. The van der Waals surface area contributed by atoms with Crippen molar-refractivity contribution in [1.82, 2.24) is 5.32 Å². The van der Waals surface area contributed by atoms with Crippen LogP contribution in [0, 0.1) is 5.92 Å². The van der Waals surface area contributed by atoms with Gasteiger partial charge in [-0.2, -0.15) is 0 Å². The lowest BCUT2D eigenvalue weighted by molar-refractivity contribution is -0.139. The van der Waals surface area contributed by atoms with Crippen molar-refractivity contribution in [3.8, 4) is 11.5 Å². The molecule has 0 bridgehead atoms. The van der Waals surface area contributed by atoms with E-state index >= 15 is 0 Å². The molecule has 146 valence electrons. The standard InChI is InChI=1S/C21H27NO5/c1-13-20(21(23)24-2)16(10-18(27-13)15-5-3-4-6-15)22-11-14-7-8-17-19(9-14)26-12-25-17/h7-9,13,15,18,22H,3-6,10-12H2,1-2H3/t13-,18-/m0/s1. The van der Waals surface area contributed by atoms with Gasteiger partial charge in [-0.25, -0.2) is 4.79 Å². The number of ether oxygens (including phenoxy) is 4. The van der Waals surface area contributed by atoms with Gasteiger partial charge in [0, 0.05) is 18.7 Å². The molecular formula is C21H27NO5. The highest BCUT2D eigenvalue weighted by atomic mass is 16.7. The predicted molar refractivity (Wildman–Crippen MR) is 99.4 cm³/mol. The molecule has 0 aromatic heterocycles. The molecule has 2 aliphatic heterocycles. The highest BCUT2D eigenvalue weighted by Crippen LogP contribution is 2.37. The molecule has 1 saturated carbocycles. The number of benzene rings is 1. The van der Waals surface area contributed by atoms with Crippen molar-refractivity contribution >= 4 is 5.97 Å². The Labute approximate surface area is 159 Å². The van der Waals surface area contributed by atoms with Gasteiger partial charge < -0.3 is 24.3 Å². The van der Waals surface area contributed by atoms with Crippen molar-refractivity contribution in [1.29, 1.82) is 0 Å². The maximum absolute atomic E-state index is 12.3. The van der Waals surface area contributed by atoms with E-state index in [9.17, 15) is 4.79 Å². The fourth-order valence-electron chi connectivity index (χ4n) is 4.37. The molecule has 1 N–H and O–H groups in total. The summed E-state index contributed by atoms with van der Waals surface area (Å²) >= 11 is 0. The monoisotopic (exact) mass is 373 g/mol. The fourth-order valence-corrected chi connectivity index (χ4v) is 4.37. The Morgan fingerprint density at radius 1 is 1.22 bits per heavy atom. The Kier molecular flexibility index (Phi) is 5.25. The van der Waals surface area contributed by atoms with E-state index in [1.54, 1.807) is 0 Å². The zero-order valence-corrected chi connectivity index (χ0v) is 16.0. The van der Waals surface area contributed by atoms with Crippen LogP contribution in [-0.4, -0.2) is 32.1 Å². The first-order valence-corrected chi connectivity index (χ1v) is 9.75. The van der Waals surface area contributed by atoms with Gasteiger partial charge in [0.2, 0.25) is 6.79 Å². The maximum atomic E-state index is 12.3. The zero-order valence-electron chi connectivity index (χ0n) is 16.0. The van der Waals surface area contributed by atoms with E-state index < -0.39 is 0 Å². The van der Waals surface area contributed by atoms with Gasteiger partial charge in [0.1, 0.15) is 0 Å². The minimum absolute atomic E-state index is 0.162. The van der Waals surface area contributed by atoms with Crippen molar-refractivity contribution in [2.75, 3.05) is 13.9 Å². The van der Waals surface area contributed by atoms with Crippen LogP contribution >= 0.6 is 0 Å². The van der Waals surface area contributed by atoms with Crippen molar-refractivity contribution in [2.45, 2.75) is 57.8 Å². The van der Waals surface area contributed by atoms with Gasteiger partial charge in [-0.15, -0.1) is 0 Å². The molecule has 1 aliphatic carbocycles. The number of nitrogens with one attached hydrogen (secondary N) is 1. The summed E-state index contributed by atoms with van der Waals surface area (Å²) in [6, 6.07) is 5.91. The Bertz CT molecular complexity index is 738. The third kappa shape index (κ3) is 3.76. The molecule has 27 heavy (non-hydrogen) atoms. The lowest BCUT2D eigenvalue weighted by Crippen LogP contribution is -2.39. The number of carbonyl (C=O) groups excluding carboxylic acids is 1. The number of carbonyl (C=O) groups is 1. The van der Waals surface area contributed by atoms with Crippen LogP contribution in [0.5, 0.6) is 11.5 Å². The van der Waals surface area contributed by atoms with Gasteiger partial charge in [-0.3, -0.25) is 0 Å². The topological polar surface area (TPSA) is 66.0 Å². The van der Waals surface area contributed by atoms with Crippen LogP contribution in [0.3, 0.4) is 0 Å². The predicted octanol–water partition coefficient (Wildman–Crippen LogP) is 3.30. The Hall–Kier alpha value is -2.21. The van der Waals surface area contributed by atoms with Crippen LogP contribution < -0.4 is 14.8 Å². The summed E-state index contributed by atoms with van der Waals surface area (Å²) in [4.78, 5) is 12.3. The third-order valence-corrected chi connectivity index (χ3v) is 5.79. The van der Waals surface area contributed by atoms with E-state index in [1.807, 2.05) is 25.1 Å². The van der Waals surface area contributed by atoms with Crippen molar-refractivity contribution in [3.63, 3.8) is 0 Å². The molecule has 0 unspecified atom stereocenters. The van der Waals surface area contributed by atoms with Crippen molar-refractivity contribution < 1.29 is 23.7 Å². The number of esters is 1. The van der Waals surface area contributed by atoms with Gasteiger partial charge in [0.05, 0.1) is 24.9 Å². The molecule has 1 aromatic carbocycles. The molecule has 0 radical (unpaired) electrons. The summed E-state index contributed by atoms with van der Waals surface area (Å²) < 4.78 is 22.0. The first-order valence-electron chi connectivity index (χ1n) is 9.75.